The van der Waals surface area contributed by atoms with Crippen molar-refractivity contribution in [3.05, 3.63) is 59.2 Å². The lowest BCUT2D eigenvalue weighted by atomic mass is 9.92. The molecule has 0 bridgehead atoms. The van der Waals surface area contributed by atoms with E-state index in [0.717, 1.165) is 49.4 Å². The monoisotopic (exact) mass is 434 g/mol. The van der Waals surface area contributed by atoms with E-state index in [1.165, 1.54) is 9.87 Å². The molecular weight excluding hydrogens is 410 g/mol. The zero-order valence-corrected chi connectivity index (χ0v) is 17.4. The topological polar surface area (TPSA) is 66.5 Å². The zero-order chi connectivity index (χ0) is 21.3. The molecule has 2 aromatic rings. The van der Waals surface area contributed by atoms with E-state index in [2.05, 4.69) is 5.32 Å². The molecule has 1 heterocycles. The number of nitrogens with one attached hydrogen (secondary N) is 1. The van der Waals surface area contributed by atoms with Gasteiger partial charge in [0.25, 0.3) is 0 Å². The molecule has 1 aliphatic heterocycles. The first-order valence-corrected chi connectivity index (χ1v) is 11.7. The number of hydrogen-bond donors (Lipinski definition) is 1. The van der Waals surface area contributed by atoms with Crippen molar-refractivity contribution in [2.75, 3.05) is 18.4 Å². The van der Waals surface area contributed by atoms with Crippen LogP contribution < -0.4 is 5.32 Å². The number of hydrogen-bond acceptors (Lipinski definition) is 3. The fraction of sp³-hybridized carbons (Fsp3) is 0.409. The molecule has 4 rings (SSSR count). The fourth-order valence-electron chi connectivity index (χ4n) is 4.25. The second-order valence-electron chi connectivity index (χ2n) is 7.96. The number of aryl methyl sites for hydroxylation is 2. The molecule has 0 unspecified atom stereocenters. The highest BCUT2D eigenvalue weighted by molar-refractivity contribution is 7.89. The third-order valence-corrected chi connectivity index (χ3v) is 7.81. The van der Waals surface area contributed by atoms with Crippen LogP contribution in [0.25, 0.3) is 0 Å². The van der Waals surface area contributed by atoms with Crippen LogP contribution in [0.2, 0.25) is 0 Å². The summed E-state index contributed by atoms with van der Waals surface area (Å²) in [4.78, 5) is 12.8. The number of nitrogens with zero attached hydrogens (tertiary/aromatic N) is 1. The molecular formula is C22H24F2N2O3S. The van der Waals surface area contributed by atoms with Gasteiger partial charge in [0.15, 0.2) is 0 Å². The van der Waals surface area contributed by atoms with E-state index in [-0.39, 0.29) is 24.7 Å². The minimum absolute atomic E-state index is 0.0570. The summed E-state index contributed by atoms with van der Waals surface area (Å²) >= 11 is 0. The van der Waals surface area contributed by atoms with Gasteiger partial charge < -0.3 is 5.32 Å². The molecule has 30 heavy (non-hydrogen) atoms. The summed E-state index contributed by atoms with van der Waals surface area (Å²) in [5.74, 6) is -2.30. The molecule has 2 aliphatic rings. The second kappa shape index (κ2) is 8.43. The maximum atomic E-state index is 13.3. The Hall–Kier alpha value is -2.32. The number of fused-ring (bicyclic) bond motifs is 1. The van der Waals surface area contributed by atoms with Crippen LogP contribution >= 0.6 is 0 Å². The third-order valence-electron chi connectivity index (χ3n) is 5.91. The van der Waals surface area contributed by atoms with Crippen LogP contribution in [0.3, 0.4) is 0 Å². The van der Waals surface area contributed by atoms with Crippen LogP contribution in [-0.2, 0) is 27.7 Å². The number of halogens is 2. The summed E-state index contributed by atoms with van der Waals surface area (Å²) in [6.07, 6.45) is 4.82. The molecule has 1 saturated heterocycles. The Morgan fingerprint density at radius 2 is 1.57 bits per heavy atom. The van der Waals surface area contributed by atoms with Crippen LogP contribution in [0.4, 0.5) is 14.5 Å². The Balaban J connectivity index is 1.40. The molecule has 1 fully saturated rings. The Bertz CT molecular complexity index is 1040. The van der Waals surface area contributed by atoms with Crippen LogP contribution in [-0.4, -0.2) is 31.7 Å². The van der Waals surface area contributed by atoms with Gasteiger partial charge in [0.2, 0.25) is 15.9 Å². The number of anilines is 1. The number of amides is 1. The summed E-state index contributed by atoms with van der Waals surface area (Å²) in [7, 11) is -3.61. The first kappa shape index (κ1) is 20.9. The maximum Gasteiger partial charge on any atom is 0.243 e. The first-order valence-electron chi connectivity index (χ1n) is 10.2. The molecule has 0 radical (unpaired) electrons. The summed E-state index contributed by atoms with van der Waals surface area (Å²) < 4.78 is 54.1. The van der Waals surface area contributed by atoms with Gasteiger partial charge in [-0.25, -0.2) is 17.2 Å². The van der Waals surface area contributed by atoms with E-state index < -0.39 is 27.6 Å². The average Bonchev–Trinajstić information content (AvgIpc) is 2.72. The molecule has 5 nitrogen and oxygen atoms in total. The quantitative estimate of drug-likeness (QED) is 0.794. The van der Waals surface area contributed by atoms with Crippen molar-refractivity contribution in [3.8, 4) is 0 Å². The van der Waals surface area contributed by atoms with Crippen molar-refractivity contribution in [2.24, 2.45) is 5.92 Å². The lowest BCUT2D eigenvalue weighted by Gasteiger charge is -2.31. The van der Waals surface area contributed by atoms with E-state index in [1.54, 1.807) is 12.1 Å². The van der Waals surface area contributed by atoms with E-state index >= 15 is 0 Å². The van der Waals surface area contributed by atoms with Gasteiger partial charge in [0.1, 0.15) is 11.6 Å². The fourth-order valence-corrected chi connectivity index (χ4v) is 5.77. The van der Waals surface area contributed by atoms with Gasteiger partial charge in [-0.2, -0.15) is 4.31 Å². The Morgan fingerprint density at radius 3 is 2.23 bits per heavy atom. The highest BCUT2D eigenvalue weighted by Crippen LogP contribution is 2.28. The van der Waals surface area contributed by atoms with Gasteiger partial charge in [0, 0.05) is 30.8 Å². The third kappa shape index (κ3) is 4.39. The normalized spacial score (nSPS) is 18.1. The Labute approximate surface area is 175 Å². The van der Waals surface area contributed by atoms with Gasteiger partial charge in [-0.15, -0.1) is 0 Å². The van der Waals surface area contributed by atoms with Crippen molar-refractivity contribution in [1.29, 1.82) is 0 Å². The average molecular weight is 435 g/mol. The van der Waals surface area contributed by atoms with E-state index in [0.29, 0.717) is 17.7 Å². The molecule has 2 aromatic carbocycles. The summed E-state index contributed by atoms with van der Waals surface area (Å²) in [6.45, 7) is 0.462. The number of sulfonamides is 1. The molecule has 8 heteroatoms. The van der Waals surface area contributed by atoms with Gasteiger partial charge in [0.05, 0.1) is 4.90 Å². The minimum atomic E-state index is -3.61. The van der Waals surface area contributed by atoms with Crippen molar-refractivity contribution >= 4 is 21.6 Å². The SMILES string of the molecule is O=C(Nc1cc(F)cc(F)c1)C1CCN(S(=O)(=O)c2ccc3c(c2)CCCC3)CC1. The van der Waals surface area contributed by atoms with Gasteiger partial charge in [-0.05, 0) is 73.9 Å². The zero-order valence-electron chi connectivity index (χ0n) is 16.5. The molecule has 1 N–H and O–H groups in total. The molecule has 0 spiro atoms. The van der Waals surface area contributed by atoms with Gasteiger partial charge in [-0.1, -0.05) is 6.07 Å². The first-order chi connectivity index (χ1) is 14.3. The maximum absolute atomic E-state index is 13.3. The molecule has 160 valence electrons. The molecule has 0 atom stereocenters. The van der Waals surface area contributed by atoms with Crippen LogP contribution in [0, 0.1) is 17.6 Å². The summed E-state index contributed by atoms with van der Waals surface area (Å²) in [6, 6.07) is 8.23. The Morgan fingerprint density at radius 1 is 0.933 bits per heavy atom. The van der Waals surface area contributed by atoms with Crippen molar-refractivity contribution in [3.63, 3.8) is 0 Å². The van der Waals surface area contributed by atoms with E-state index in [9.17, 15) is 22.0 Å². The lowest BCUT2D eigenvalue weighted by Crippen LogP contribution is -2.41. The van der Waals surface area contributed by atoms with Crippen LogP contribution in [0.1, 0.15) is 36.8 Å². The highest BCUT2D eigenvalue weighted by atomic mass is 32.2. The van der Waals surface area contributed by atoms with E-state index in [4.69, 9.17) is 0 Å². The number of piperidine rings is 1. The van der Waals surface area contributed by atoms with Gasteiger partial charge in [-0.3, -0.25) is 4.79 Å². The van der Waals surface area contributed by atoms with Gasteiger partial charge >= 0.3 is 0 Å². The highest BCUT2D eigenvalue weighted by Gasteiger charge is 2.32. The van der Waals surface area contributed by atoms with E-state index in [1.807, 2.05) is 6.07 Å². The summed E-state index contributed by atoms with van der Waals surface area (Å²) in [5, 5.41) is 2.53. The number of carbonyl (C=O) groups excluding carboxylic acids is 1. The Kier molecular flexibility index (Phi) is 5.88. The number of carbonyl (C=O) groups is 1. The molecule has 1 amide bonds. The number of rotatable bonds is 4. The van der Waals surface area contributed by atoms with Crippen LogP contribution in [0.5, 0.6) is 0 Å². The summed E-state index contributed by atoms with van der Waals surface area (Å²) in [5.41, 5.74) is 2.39. The lowest BCUT2D eigenvalue weighted by molar-refractivity contribution is -0.120. The van der Waals surface area contributed by atoms with Crippen LogP contribution in [0.15, 0.2) is 41.3 Å². The molecule has 0 saturated carbocycles. The minimum Gasteiger partial charge on any atom is -0.326 e. The predicted octanol–water partition coefficient (Wildman–Crippen LogP) is 3.88. The van der Waals surface area contributed by atoms with Crippen molar-refractivity contribution in [1.82, 2.24) is 4.31 Å². The molecule has 1 aliphatic carbocycles. The smallest absolute Gasteiger partial charge is 0.243 e. The predicted molar refractivity (Wildman–Crippen MR) is 110 cm³/mol. The molecule has 0 aromatic heterocycles. The van der Waals surface area contributed by atoms with Crippen molar-refractivity contribution in [2.45, 2.75) is 43.4 Å². The standard InChI is InChI=1S/C22H24F2N2O3S/c23-18-12-19(24)14-20(13-18)25-22(27)16-7-9-26(10-8-16)30(28,29)21-6-5-15-3-1-2-4-17(15)11-21/h5-6,11-14,16H,1-4,7-10H2,(H,25,27). The largest absolute Gasteiger partial charge is 0.326 e. The number of benzene rings is 2. The second-order valence-corrected chi connectivity index (χ2v) is 9.90. The van der Waals surface area contributed by atoms with Crippen molar-refractivity contribution < 1.29 is 22.0 Å².